The molecule has 0 aliphatic carbocycles. The summed E-state index contributed by atoms with van der Waals surface area (Å²) in [6.07, 6.45) is 2.87. The number of anilines is 1. The van der Waals surface area contributed by atoms with Gasteiger partial charge in [-0.05, 0) is 49.1 Å². The fourth-order valence-electron chi connectivity index (χ4n) is 1.87. The minimum atomic E-state index is -0.388. The van der Waals surface area contributed by atoms with Crippen LogP contribution in [0.3, 0.4) is 0 Å². The van der Waals surface area contributed by atoms with Crippen molar-refractivity contribution >= 4 is 23.4 Å². The smallest absolute Gasteiger partial charge is 0.224 e. The zero-order valence-corrected chi connectivity index (χ0v) is 13.2. The molecule has 2 aromatic rings. The first-order valence-corrected chi connectivity index (χ1v) is 8.23. The average molecular weight is 319 g/mol. The zero-order chi connectivity index (χ0) is 15.8. The molecular formula is C17H18FNO2S. The molecule has 0 aliphatic rings. The number of hydrogen-bond donors (Lipinski definition) is 1. The highest BCUT2D eigenvalue weighted by Gasteiger charge is 2.04. The van der Waals surface area contributed by atoms with Gasteiger partial charge >= 0.3 is 0 Å². The van der Waals surface area contributed by atoms with Gasteiger partial charge in [0.15, 0.2) is 11.6 Å². The van der Waals surface area contributed by atoms with Crippen LogP contribution < -0.4 is 10.1 Å². The van der Waals surface area contributed by atoms with Crippen molar-refractivity contribution in [3.63, 3.8) is 0 Å². The predicted molar refractivity (Wildman–Crippen MR) is 88.0 cm³/mol. The Kier molecular flexibility index (Phi) is 6.27. The molecule has 2 rings (SSSR count). The van der Waals surface area contributed by atoms with Crippen LogP contribution in [0.4, 0.5) is 10.1 Å². The molecule has 1 amide bonds. The lowest BCUT2D eigenvalue weighted by molar-refractivity contribution is -0.116. The third-order valence-electron chi connectivity index (χ3n) is 3.02. The summed E-state index contributed by atoms with van der Waals surface area (Å²) in [7, 11) is 0. The number of rotatable bonds is 7. The Morgan fingerprint density at radius 1 is 1.18 bits per heavy atom. The van der Waals surface area contributed by atoms with Crippen molar-refractivity contribution in [3.8, 4) is 5.75 Å². The third kappa shape index (κ3) is 5.07. The van der Waals surface area contributed by atoms with Crippen molar-refractivity contribution < 1.29 is 13.9 Å². The molecule has 1 N–H and O–H groups in total. The van der Waals surface area contributed by atoms with Gasteiger partial charge in [0.2, 0.25) is 5.91 Å². The monoisotopic (exact) mass is 319 g/mol. The molecule has 2 aromatic carbocycles. The zero-order valence-electron chi connectivity index (χ0n) is 12.3. The van der Waals surface area contributed by atoms with E-state index in [0.29, 0.717) is 19.4 Å². The number of ether oxygens (including phenoxy) is 1. The number of thioether (sulfide) groups is 1. The molecule has 0 saturated heterocycles. The first kappa shape index (κ1) is 16.4. The van der Waals surface area contributed by atoms with Crippen molar-refractivity contribution in [1.29, 1.82) is 0 Å². The second kappa shape index (κ2) is 8.44. The van der Waals surface area contributed by atoms with Crippen LogP contribution in [0.25, 0.3) is 0 Å². The van der Waals surface area contributed by atoms with Gasteiger partial charge < -0.3 is 10.1 Å². The van der Waals surface area contributed by atoms with Gasteiger partial charge in [-0.15, -0.1) is 11.8 Å². The molecule has 0 heterocycles. The van der Waals surface area contributed by atoms with Crippen LogP contribution in [-0.2, 0) is 4.79 Å². The average Bonchev–Trinajstić information content (AvgIpc) is 2.54. The summed E-state index contributed by atoms with van der Waals surface area (Å²) in [6, 6.07) is 13.9. The van der Waals surface area contributed by atoms with Crippen molar-refractivity contribution in [2.45, 2.75) is 17.7 Å². The third-order valence-corrected chi connectivity index (χ3v) is 3.76. The van der Waals surface area contributed by atoms with E-state index < -0.39 is 0 Å². The van der Waals surface area contributed by atoms with Crippen LogP contribution in [-0.4, -0.2) is 18.8 Å². The minimum Gasteiger partial charge on any atom is -0.491 e. The number of benzene rings is 2. The van der Waals surface area contributed by atoms with E-state index in [0.717, 1.165) is 10.6 Å². The van der Waals surface area contributed by atoms with Gasteiger partial charge in [0.25, 0.3) is 0 Å². The largest absolute Gasteiger partial charge is 0.491 e. The van der Waals surface area contributed by atoms with Crippen molar-refractivity contribution in [1.82, 2.24) is 0 Å². The Labute approximate surface area is 133 Å². The molecule has 3 nitrogen and oxygen atoms in total. The number of halogens is 1. The molecule has 0 fully saturated rings. The number of hydrogen-bond acceptors (Lipinski definition) is 3. The second-order valence-corrected chi connectivity index (χ2v) is 5.54. The van der Waals surface area contributed by atoms with E-state index in [9.17, 15) is 9.18 Å². The molecule has 0 spiro atoms. The molecule has 0 unspecified atom stereocenters. The van der Waals surface area contributed by atoms with Crippen molar-refractivity contribution in [2.75, 3.05) is 18.2 Å². The molecule has 0 aliphatic heterocycles. The predicted octanol–water partition coefficient (Wildman–Crippen LogP) is 4.35. The lowest BCUT2D eigenvalue weighted by Gasteiger charge is -2.08. The summed E-state index contributed by atoms with van der Waals surface area (Å²) in [5.74, 6) is -0.245. The van der Waals surface area contributed by atoms with Crippen LogP contribution in [0.5, 0.6) is 5.75 Å². The summed E-state index contributed by atoms with van der Waals surface area (Å²) in [5, 5.41) is 2.83. The normalized spacial score (nSPS) is 10.3. The number of nitrogens with one attached hydrogen (secondary N) is 1. The molecule has 116 valence electrons. The van der Waals surface area contributed by atoms with Gasteiger partial charge in [-0.25, -0.2) is 4.39 Å². The van der Waals surface area contributed by atoms with Crippen LogP contribution in [0.2, 0.25) is 0 Å². The molecule has 22 heavy (non-hydrogen) atoms. The van der Waals surface area contributed by atoms with E-state index >= 15 is 0 Å². The van der Waals surface area contributed by atoms with E-state index in [1.807, 2.05) is 30.5 Å². The van der Waals surface area contributed by atoms with Gasteiger partial charge in [-0.1, -0.05) is 12.1 Å². The number of carbonyl (C=O) groups excluding carboxylic acids is 1. The van der Waals surface area contributed by atoms with Crippen molar-refractivity contribution in [2.24, 2.45) is 0 Å². The first-order chi connectivity index (χ1) is 10.7. The van der Waals surface area contributed by atoms with E-state index in [1.165, 1.54) is 6.07 Å². The van der Waals surface area contributed by atoms with E-state index in [4.69, 9.17) is 4.74 Å². The molecule has 0 bridgehead atoms. The Morgan fingerprint density at radius 2 is 1.91 bits per heavy atom. The van der Waals surface area contributed by atoms with E-state index in [-0.39, 0.29) is 17.5 Å². The fourth-order valence-corrected chi connectivity index (χ4v) is 2.28. The Balaban J connectivity index is 1.70. The first-order valence-electron chi connectivity index (χ1n) is 7.00. The Morgan fingerprint density at radius 3 is 2.59 bits per heavy atom. The van der Waals surface area contributed by atoms with Crippen LogP contribution in [0, 0.1) is 5.82 Å². The molecule has 0 saturated carbocycles. The van der Waals surface area contributed by atoms with Crippen LogP contribution in [0.15, 0.2) is 53.4 Å². The second-order valence-electron chi connectivity index (χ2n) is 4.66. The van der Waals surface area contributed by atoms with E-state index in [2.05, 4.69) is 5.32 Å². The lowest BCUT2D eigenvalue weighted by Crippen LogP contribution is -2.12. The lowest BCUT2D eigenvalue weighted by atomic mass is 10.2. The highest BCUT2D eigenvalue weighted by Crippen LogP contribution is 2.18. The minimum absolute atomic E-state index is 0.0750. The van der Waals surface area contributed by atoms with Crippen molar-refractivity contribution in [3.05, 3.63) is 54.3 Å². The summed E-state index contributed by atoms with van der Waals surface area (Å²) in [5.41, 5.74) is 0.776. The summed E-state index contributed by atoms with van der Waals surface area (Å²) in [4.78, 5) is 12.9. The SMILES string of the molecule is CSc1ccc(NC(=O)CCCOc2ccccc2F)cc1. The molecule has 5 heteroatoms. The Hall–Kier alpha value is -2.01. The molecule has 0 aromatic heterocycles. The highest BCUT2D eigenvalue weighted by molar-refractivity contribution is 7.98. The maximum Gasteiger partial charge on any atom is 0.224 e. The van der Waals surface area contributed by atoms with Crippen LogP contribution >= 0.6 is 11.8 Å². The fraction of sp³-hybridized carbons (Fsp3) is 0.235. The van der Waals surface area contributed by atoms with Gasteiger partial charge in [-0.3, -0.25) is 4.79 Å². The maximum atomic E-state index is 13.3. The quantitative estimate of drug-likeness (QED) is 0.609. The summed E-state index contributed by atoms with van der Waals surface area (Å²) < 4.78 is 18.6. The summed E-state index contributed by atoms with van der Waals surface area (Å²) >= 11 is 1.65. The molecule has 0 atom stereocenters. The number of carbonyl (C=O) groups is 1. The number of para-hydroxylation sites is 1. The molecular weight excluding hydrogens is 301 g/mol. The van der Waals surface area contributed by atoms with Crippen LogP contribution in [0.1, 0.15) is 12.8 Å². The van der Waals surface area contributed by atoms with E-state index in [1.54, 1.807) is 30.0 Å². The standard InChI is InChI=1S/C17H18FNO2S/c1-22-14-10-8-13(9-11-14)19-17(20)7-4-12-21-16-6-3-2-5-15(16)18/h2-3,5-6,8-11H,4,7,12H2,1H3,(H,19,20). The van der Waals surface area contributed by atoms with Gasteiger partial charge in [0.05, 0.1) is 6.61 Å². The topological polar surface area (TPSA) is 38.3 Å². The summed E-state index contributed by atoms with van der Waals surface area (Å²) in [6.45, 7) is 0.305. The maximum absolute atomic E-state index is 13.3. The van der Waals surface area contributed by atoms with Gasteiger partial charge in [0.1, 0.15) is 0 Å². The Bertz CT molecular complexity index is 616. The number of amides is 1. The van der Waals surface area contributed by atoms with Gasteiger partial charge in [0, 0.05) is 17.0 Å². The van der Waals surface area contributed by atoms with Gasteiger partial charge in [-0.2, -0.15) is 0 Å². The molecule has 0 radical (unpaired) electrons. The highest BCUT2D eigenvalue weighted by atomic mass is 32.2.